The summed E-state index contributed by atoms with van der Waals surface area (Å²) in [7, 11) is 0. The molecule has 2 rings (SSSR count). The van der Waals surface area contributed by atoms with Crippen molar-refractivity contribution >= 4 is 17.2 Å². The van der Waals surface area contributed by atoms with E-state index in [0.717, 1.165) is 24.1 Å². The Morgan fingerprint density at radius 3 is 2.89 bits per heavy atom. The number of primary amides is 1. The van der Waals surface area contributed by atoms with Crippen molar-refractivity contribution in [1.82, 2.24) is 9.78 Å². The molecule has 0 aliphatic heterocycles. The molecule has 0 aliphatic carbocycles. The highest BCUT2D eigenvalue weighted by Crippen LogP contribution is 2.25. The first kappa shape index (κ1) is 12.8. The van der Waals surface area contributed by atoms with E-state index >= 15 is 0 Å². The molecule has 0 atom stereocenters. The van der Waals surface area contributed by atoms with Crippen LogP contribution in [0.15, 0.2) is 23.8 Å². The number of nitrogens with two attached hydrogens (primary N) is 1. The van der Waals surface area contributed by atoms with Crippen LogP contribution in [0.1, 0.15) is 29.9 Å². The van der Waals surface area contributed by atoms with Crippen LogP contribution in [0.5, 0.6) is 0 Å². The molecule has 0 spiro atoms. The van der Waals surface area contributed by atoms with Crippen LogP contribution >= 0.6 is 11.3 Å². The van der Waals surface area contributed by atoms with Crippen molar-refractivity contribution in [3.63, 3.8) is 0 Å². The number of aryl methyl sites for hydroxylation is 1. The fourth-order valence-electron chi connectivity index (χ4n) is 1.64. The Morgan fingerprint density at radius 2 is 2.28 bits per heavy atom. The molecule has 96 valence electrons. The number of aromatic nitrogens is 2. The van der Waals surface area contributed by atoms with Crippen LogP contribution in [0.3, 0.4) is 0 Å². The first-order chi connectivity index (χ1) is 8.56. The molecule has 2 aromatic rings. The Hall–Kier alpha value is -1.62. The summed E-state index contributed by atoms with van der Waals surface area (Å²) in [5.74, 6) is 0.290. The van der Waals surface area contributed by atoms with Gasteiger partial charge in [-0.2, -0.15) is 5.10 Å². The second-order valence-electron chi connectivity index (χ2n) is 4.74. The SMILES string of the molecule is CC(C)CCn1cc(-c2csc(C(N)=O)c2)cn1. The largest absolute Gasteiger partial charge is 0.365 e. The number of hydrogen-bond donors (Lipinski definition) is 1. The first-order valence-corrected chi connectivity index (χ1v) is 6.85. The molecular weight excluding hydrogens is 246 g/mol. The zero-order valence-electron chi connectivity index (χ0n) is 10.6. The maximum Gasteiger partial charge on any atom is 0.258 e. The molecule has 4 nitrogen and oxygen atoms in total. The van der Waals surface area contributed by atoms with Gasteiger partial charge in [0.25, 0.3) is 5.91 Å². The van der Waals surface area contributed by atoms with Gasteiger partial charge in [0.05, 0.1) is 11.1 Å². The van der Waals surface area contributed by atoms with Gasteiger partial charge in [-0.25, -0.2) is 0 Å². The summed E-state index contributed by atoms with van der Waals surface area (Å²) in [5, 5.41) is 6.26. The van der Waals surface area contributed by atoms with Crippen molar-refractivity contribution < 1.29 is 4.79 Å². The lowest BCUT2D eigenvalue weighted by atomic mass is 10.1. The minimum absolute atomic E-state index is 0.376. The van der Waals surface area contributed by atoms with E-state index < -0.39 is 0 Å². The Morgan fingerprint density at radius 1 is 1.50 bits per heavy atom. The molecule has 0 saturated carbocycles. The molecule has 0 unspecified atom stereocenters. The number of hydrogen-bond acceptors (Lipinski definition) is 3. The van der Waals surface area contributed by atoms with E-state index in [2.05, 4.69) is 18.9 Å². The standard InChI is InChI=1S/C13H17N3OS/c1-9(2)3-4-16-7-11(6-15-16)10-5-12(13(14)17)18-8-10/h5-9H,3-4H2,1-2H3,(H2,14,17). The van der Waals surface area contributed by atoms with Gasteiger partial charge in [-0.3, -0.25) is 9.48 Å². The van der Waals surface area contributed by atoms with Gasteiger partial charge in [-0.1, -0.05) is 13.8 Å². The van der Waals surface area contributed by atoms with Crippen LogP contribution in [-0.2, 0) is 6.54 Å². The smallest absolute Gasteiger partial charge is 0.258 e. The van der Waals surface area contributed by atoms with E-state index in [-0.39, 0.29) is 5.91 Å². The summed E-state index contributed by atoms with van der Waals surface area (Å²) in [6.45, 7) is 5.31. The van der Waals surface area contributed by atoms with Crippen LogP contribution in [0.2, 0.25) is 0 Å². The third-order valence-corrected chi connectivity index (χ3v) is 3.69. The lowest BCUT2D eigenvalue weighted by Gasteiger charge is -2.03. The maximum atomic E-state index is 11.0. The number of thiophene rings is 1. The van der Waals surface area contributed by atoms with Crippen molar-refractivity contribution in [2.75, 3.05) is 0 Å². The number of nitrogens with zero attached hydrogens (tertiary/aromatic N) is 2. The predicted octanol–water partition coefficient (Wildman–Crippen LogP) is 2.76. The second kappa shape index (κ2) is 5.35. The number of amides is 1. The topological polar surface area (TPSA) is 60.9 Å². The Bertz CT molecular complexity index is 542. The van der Waals surface area contributed by atoms with Gasteiger partial charge in [-0.05, 0) is 29.3 Å². The van der Waals surface area contributed by atoms with Gasteiger partial charge >= 0.3 is 0 Å². The minimum Gasteiger partial charge on any atom is -0.365 e. The molecule has 2 heterocycles. The van der Waals surface area contributed by atoms with E-state index in [4.69, 9.17) is 5.73 Å². The Balaban J connectivity index is 2.11. The van der Waals surface area contributed by atoms with Gasteiger partial charge in [-0.15, -0.1) is 11.3 Å². The summed E-state index contributed by atoms with van der Waals surface area (Å²) in [6.07, 6.45) is 4.94. The molecule has 0 fully saturated rings. The normalized spacial score (nSPS) is 11.1. The minimum atomic E-state index is -0.376. The molecular formula is C13H17N3OS. The van der Waals surface area contributed by atoms with Gasteiger partial charge < -0.3 is 5.73 Å². The molecule has 2 aromatic heterocycles. The predicted molar refractivity (Wildman–Crippen MR) is 73.5 cm³/mol. The van der Waals surface area contributed by atoms with Gasteiger partial charge in [0.15, 0.2) is 0 Å². The van der Waals surface area contributed by atoms with E-state index in [1.807, 2.05) is 28.5 Å². The van der Waals surface area contributed by atoms with Gasteiger partial charge in [0.2, 0.25) is 0 Å². The number of rotatable bonds is 5. The van der Waals surface area contributed by atoms with Crippen LogP contribution in [0, 0.1) is 5.92 Å². The molecule has 0 radical (unpaired) electrons. The lowest BCUT2D eigenvalue weighted by molar-refractivity contribution is 0.100. The highest BCUT2D eigenvalue weighted by molar-refractivity contribution is 7.12. The summed E-state index contributed by atoms with van der Waals surface area (Å²) in [5.41, 5.74) is 7.28. The van der Waals surface area contributed by atoms with E-state index in [1.54, 1.807) is 0 Å². The zero-order valence-corrected chi connectivity index (χ0v) is 11.4. The summed E-state index contributed by atoms with van der Waals surface area (Å²) in [4.78, 5) is 11.6. The summed E-state index contributed by atoms with van der Waals surface area (Å²) >= 11 is 1.37. The highest BCUT2D eigenvalue weighted by Gasteiger charge is 2.08. The van der Waals surface area contributed by atoms with Gasteiger partial charge in [0, 0.05) is 18.3 Å². The van der Waals surface area contributed by atoms with E-state index in [1.165, 1.54) is 11.3 Å². The Kier molecular flexibility index (Phi) is 3.81. The molecule has 0 saturated heterocycles. The monoisotopic (exact) mass is 263 g/mol. The van der Waals surface area contributed by atoms with Crippen molar-refractivity contribution in [2.24, 2.45) is 11.7 Å². The van der Waals surface area contributed by atoms with Crippen LogP contribution in [0.4, 0.5) is 0 Å². The quantitative estimate of drug-likeness (QED) is 0.901. The third-order valence-electron chi connectivity index (χ3n) is 2.74. The molecule has 18 heavy (non-hydrogen) atoms. The van der Waals surface area contributed by atoms with Crippen LogP contribution in [0.25, 0.3) is 11.1 Å². The van der Waals surface area contributed by atoms with Crippen molar-refractivity contribution in [3.05, 3.63) is 28.7 Å². The molecule has 0 aliphatic rings. The highest BCUT2D eigenvalue weighted by atomic mass is 32.1. The van der Waals surface area contributed by atoms with Gasteiger partial charge in [0.1, 0.15) is 0 Å². The zero-order chi connectivity index (χ0) is 13.1. The second-order valence-corrected chi connectivity index (χ2v) is 5.65. The van der Waals surface area contributed by atoms with E-state index in [0.29, 0.717) is 10.8 Å². The van der Waals surface area contributed by atoms with Crippen LogP contribution < -0.4 is 5.73 Å². The molecule has 2 N–H and O–H groups in total. The fraction of sp³-hybridized carbons (Fsp3) is 0.385. The third kappa shape index (κ3) is 2.98. The summed E-state index contributed by atoms with van der Waals surface area (Å²) in [6, 6.07) is 1.82. The fourth-order valence-corrected chi connectivity index (χ4v) is 2.41. The molecule has 0 aromatic carbocycles. The average Bonchev–Trinajstić information content (AvgIpc) is 2.95. The number of carbonyl (C=O) groups excluding carboxylic acids is 1. The average molecular weight is 263 g/mol. The van der Waals surface area contributed by atoms with Crippen molar-refractivity contribution in [2.45, 2.75) is 26.8 Å². The summed E-state index contributed by atoms with van der Waals surface area (Å²) < 4.78 is 1.94. The lowest BCUT2D eigenvalue weighted by Crippen LogP contribution is -2.08. The molecule has 0 bridgehead atoms. The van der Waals surface area contributed by atoms with Crippen molar-refractivity contribution in [1.29, 1.82) is 0 Å². The van der Waals surface area contributed by atoms with E-state index in [9.17, 15) is 4.79 Å². The molecule has 1 amide bonds. The number of carbonyl (C=O) groups is 1. The van der Waals surface area contributed by atoms with Crippen molar-refractivity contribution in [3.8, 4) is 11.1 Å². The molecule has 5 heteroatoms. The first-order valence-electron chi connectivity index (χ1n) is 5.97. The van der Waals surface area contributed by atoms with Crippen LogP contribution in [-0.4, -0.2) is 15.7 Å². The Labute approximate surface area is 110 Å². The maximum absolute atomic E-state index is 11.0.